The lowest BCUT2D eigenvalue weighted by atomic mass is 10.4. The van der Waals surface area contributed by atoms with E-state index < -0.39 is 15.3 Å². The number of halogens is 2. The van der Waals surface area contributed by atoms with E-state index in [1.807, 2.05) is 0 Å². The Morgan fingerprint density at radius 3 is 2.65 bits per heavy atom. The number of rotatable bonds is 4. The summed E-state index contributed by atoms with van der Waals surface area (Å²) in [5, 5.41) is 7.36. The molecule has 17 heavy (non-hydrogen) atoms. The average molecular weight is 295 g/mol. The van der Waals surface area contributed by atoms with E-state index in [0.717, 1.165) is 0 Å². The Kier molecular flexibility index (Phi) is 4.51. The maximum atomic E-state index is 11.7. The van der Waals surface area contributed by atoms with Crippen molar-refractivity contribution in [2.45, 2.75) is 18.6 Å². The second-order valence-electron chi connectivity index (χ2n) is 3.02. The lowest BCUT2D eigenvalue weighted by Gasteiger charge is -2.10. The largest absolute Gasteiger partial charge is 0.266 e. The first kappa shape index (κ1) is 14.0. The number of aromatic nitrogens is 2. The van der Waals surface area contributed by atoms with Crippen molar-refractivity contribution in [2.75, 3.05) is 4.72 Å². The molecule has 1 unspecified atom stereocenters. The summed E-state index contributed by atoms with van der Waals surface area (Å²) in [6, 6.07) is 2.89. The van der Waals surface area contributed by atoms with Crippen LogP contribution in [0.4, 0.5) is 5.82 Å². The van der Waals surface area contributed by atoms with E-state index in [0.29, 0.717) is 0 Å². The second kappa shape index (κ2) is 5.49. The SMILES string of the molecule is CCC(C#N)S(=O)(=O)Nc1cc(Cl)nc(Cl)n1. The monoisotopic (exact) mass is 294 g/mol. The standard InChI is InChI=1S/C8H8Cl2N4O2S/c1-2-5(4-11)17(15,16)14-7-3-6(9)12-8(10)13-7/h3,5H,2H2,1H3,(H,12,13,14). The zero-order valence-electron chi connectivity index (χ0n) is 8.68. The van der Waals surface area contributed by atoms with Crippen LogP contribution in [0.2, 0.25) is 10.4 Å². The Bertz CT molecular complexity index is 535. The van der Waals surface area contributed by atoms with Crippen LogP contribution in [0, 0.1) is 11.3 Å². The molecule has 1 heterocycles. The van der Waals surface area contributed by atoms with Crippen LogP contribution >= 0.6 is 23.2 Å². The van der Waals surface area contributed by atoms with Gasteiger partial charge in [0.2, 0.25) is 15.3 Å². The maximum absolute atomic E-state index is 11.7. The molecule has 0 aliphatic rings. The molecule has 0 fully saturated rings. The number of nitriles is 1. The Labute approximate surface area is 109 Å². The van der Waals surface area contributed by atoms with Crippen LogP contribution in [0.1, 0.15) is 13.3 Å². The minimum absolute atomic E-state index is 0.00714. The molecule has 0 saturated heterocycles. The summed E-state index contributed by atoms with van der Waals surface area (Å²) in [5.74, 6) is -0.0660. The summed E-state index contributed by atoms with van der Waals surface area (Å²) in [6.45, 7) is 1.59. The van der Waals surface area contributed by atoms with Crippen LogP contribution in [0.5, 0.6) is 0 Å². The molecule has 1 aromatic rings. The number of nitrogens with zero attached hydrogens (tertiary/aromatic N) is 3. The highest BCUT2D eigenvalue weighted by atomic mass is 35.5. The molecule has 1 rings (SSSR count). The third-order valence-electron chi connectivity index (χ3n) is 1.80. The molecule has 1 aromatic heterocycles. The average Bonchev–Trinajstić information content (AvgIpc) is 2.15. The van der Waals surface area contributed by atoms with E-state index in [-0.39, 0.29) is 22.7 Å². The number of hydrogen-bond acceptors (Lipinski definition) is 5. The van der Waals surface area contributed by atoms with Gasteiger partial charge in [0.1, 0.15) is 11.0 Å². The molecule has 0 amide bonds. The fourth-order valence-corrected chi connectivity index (χ4v) is 2.56. The van der Waals surface area contributed by atoms with Crippen molar-refractivity contribution in [2.24, 2.45) is 0 Å². The lowest BCUT2D eigenvalue weighted by molar-refractivity contribution is 0.592. The van der Waals surface area contributed by atoms with E-state index in [1.165, 1.54) is 6.07 Å². The Morgan fingerprint density at radius 2 is 2.18 bits per heavy atom. The van der Waals surface area contributed by atoms with Crippen LogP contribution in [0.3, 0.4) is 0 Å². The van der Waals surface area contributed by atoms with Crippen LogP contribution in [-0.2, 0) is 10.0 Å². The molecule has 1 N–H and O–H groups in total. The second-order valence-corrected chi connectivity index (χ2v) is 5.61. The minimum Gasteiger partial charge on any atom is -0.266 e. The van der Waals surface area contributed by atoms with Gasteiger partial charge in [0.05, 0.1) is 6.07 Å². The third kappa shape index (κ3) is 3.70. The highest BCUT2D eigenvalue weighted by Crippen LogP contribution is 2.17. The quantitative estimate of drug-likeness (QED) is 0.675. The van der Waals surface area contributed by atoms with Gasteiger partial charge in [0, 0.05) is 6.07 Å². The van der Waals surface area contributed by atoms with Gasteiger partial charge in [-0.25, -0.2) is 13.4 Å². The Balaban J connectivity index is 3.02. The predicted molar refractivity (Wildman–Crippen MR) is 64.3 cm³/mol. The molecule has 0 aliphatic carbocycles. The van der Waals surface area contributed by atoms with Crippen LogP contribution in [0.15, 0.2) is 6.07 Å². The summed E-state index contributed by atoms with van der Waals surface area (Å²) in [5.41, 5.74) is 0. The normalized spacial score (nSPS) is 12.8. The lowest BCUT2D eigenvalue weighted by Crippen LogP contribution is -2.26. The van der Waals surface area contributed by atoms with Crippen molar-refractivity contribution >= 4 is 39.0 Å². The third-order valence-corrected chi connectivity index (χ3v) is 3.85. The number of hydrogen-bond donors (Lipinski definition) is 1. The van der Waals surface area contributed by atoms with Gasteiger partial charge >= 0.3 is 0 Å². The summed E-state index contributed by atoms with van der Waals surface area (Å²) in [4.78, 5) is 7.21. The van der Waals surface area contributed by atoms with E-state index in [9.17, 15) is 8.42 Å². The van der Waals surface area contributed by atoms with Gasteiger partial charge in [0.25, 0.3) is 0 Å². The van der Waals surface area contributed by atoms with E-state index in [1.54, 1.807) is 13.0 Å². The van der Waals surface area contributed by atoms with Crippen LogP contribution < -0.4 is 4.72 Å². The molecule has 92 valence electrons. The van der Waals surface area contributed by atoms with Gasteiger partial charge in [-0.2, -0.15) is 10.2 Å². The fraction of sp³-hybridized carbons (Fsp3) is 0.375. The Morgan fingerprint density at radius 1 is 1.53 bits per heavy atom. The van der Waals surface area contributed by atoms with Crippen molar-refractivity contribution in [1.29, 1.82) is 5.26 Å². The van der Waals surface area contributed by atoms with Gasteiger partial charge < -0.3 is 0 Å². The first-order chi connectivity index (χ1) is 7.89. The van der Waals surface area contributed by atoms with Crippen molar-refractivity contribution < 1.29 is 8.42 Å². The molecule has 9 heteroatoms. The van der Waals surface area contributed by atoms with Gasteiger partial charge in [-0.1, -0.05) is 18.5 Å². The topological polar surface area (TPSA) is 95.7 Å². The number of nitrogens with one attached hydrogen (secondary N) is 1. The van der Waals surface area contributed by atoms with Crippen molar-refractivity contribution in [1.82, 2.24) is 9.97 Å². The molecule has 6 nitrogen and oxygen atoms in total. The summed E-state index contributed by atoms with van der Waals surface area (Å²) >= 11 is 11.1. The molecular weight excluding hydrogens is 287 g/mol. The van der Waals surface area contributed by atoms with Crippen LogP contribution in [-0.4, -0.2) is 23.6 Å². The molecule has 0 aromatic carbocycles. The van der Waals surface area contributed by atoms with Crippen molar-refractivity contribution in [3.05, 3.63) is 16.5 Å². The summed E-state index contributed by atoms with van der Waals surface area (Å²) in [7, 11) is -3.83. The zero-order chi connectivity index (χ0) is 13.1. The van der Waals surface area contributed by atoms with E-state index in [4.69, 9.17) is 28.5 Å². The molecule has 0 aliphatic heterocycles. The molecular formula is C8H8Cl2N4O2S. The highest BCUT2D eigenvalue weighted by Gasteiger charge is 2.24. The van der Waals surface area contributed by atoms with E-state index >= 15 is 0 Å². The van der Waals surface area contributed by atoms with Crippen LogP contribution in [0.25, 0.3) is 0 Å². The van der Waals surface area contributed by atoms with Gasteiger partial charge in [-0.05, 0) is 18.0 Å². The first-order valence-electron chi connectivity index (χ1n) is 4.50. The summed E-state index contributed by atoms with van der Waals surface area (Å²) < 4.78 is 25.5. The van der Waals surface area contributed by atoms with Crippen molar-refractivity contribution in [3.8, 4) is 6.07 Å². The van der Waals surface area contributed by atoms with Gasteiger partial charge in [-0.15, -0.1) is 0 Å². The predicted octanol–water partition coefficient (Wildman–Crippen LogP) is 1.83. The van der Waals surface area contributed by atoms with Gasteiger partial charge in [-0.3, -0.25) is 4.72 Å². The highest BCUT2D eigenvalue weighted by molar-refractivity contribution is 7.93. The van der Waals surface area contributed by atoms with Crippen molar-refractivity contribution in [3.63, 3.8) is 0 Å². The van der Waals surface area contributed by atoms with E-state index in [2.05, 4.69) is 14.7 Å². The molecule has 0 radical (unpaired) electrons. The first-order valence-corrected chi connectivity index (χ1v) is 6.80. The molecule has 0 saturated carbocycles. The fourth-order valence-electron chi connectivity index (χ4n) is 1.04. The smallest absolute Gasteiger partial charge is 0.250 e. The molecule has 0 spiro atoms. The zero-order valence-corrected chi connectivity index (χ0v) is 11.0. The minimum atomic E-state index is -3.83. The number of anilines is 1. The Hall–Kier alpha value is -1.10. The van der Waals surface area contributed by atoms with Gasteiger partial charge in [0.15, 0.2) is 5.25 Å². The molecule has 1 atom stereocenters. The maximum Gasteiger partial charge on any atom is 0.250 e. The molecule has 0 bridgehead atoms. The summed E-state index contributed by atoms with van der Waals surface area (Å²) in [6.07, 6.45) is 0.165. The number of sulfonamides is 1.